The van der Waals surface area contributed by atoms with E-state index in [-0.39, 0.29) is 40.6 Å². The van der Waals surface area contributed by atoms with Crippen molar-refractivity contribution in [3.05, 3.63) is 0 Å². The van der Waals surface area contributed by atoms with Crippen LogP contribution in [0.5, 0.6) is 0 Å². The summed E-state index contributed by atoms with van der Waals surface area (Å²) < 4.78 is 57.1. The molecule has 0 atom stereocenters. The van der Waals surface area contributed by atoms with Crippen LogP contribution in [-0.2, 0) is 20.2 Å². The summed E-state index contributed by atoms with van der Waals surface area (Å²) in [4.78, 5) is 0. The number of hydrogen-bond acceptors (Lipinski definition) is 6. The van der Waals surface area contributed by atoms with Gasteiger partial charge in [-0.05, 0) is 0 Å². The van der Waals surface area contributed by atoms with E-state index < -0.39 is 25.3 Å². The standard InChI is InChI=1S/CH4O6S2.Ca.2H/c2-8(3,4)1-9(5,6)7;;;/h1H2,(H,2,3,4)(H,5,6,7);;;/q;+2;2*-1/p-2. The van der Waals surface area contributed by atoms with Gasteiger partial charge in [0.2, 0.25) is 0 Å². The molecule has 0 aliphatic rings. The van der Waals surface area contributed by atoms with Crippen molar-refractivity contribution in [2.75, 3.05) is 5.08 Å². The van der Waals surface area contributed by atoms with Crippen LogP contribution >= 0.6 is 0 Å². The van der Waals surface area contributed by atoms with Gasteiger partial charge in [0, 0.05) is 0 Å². The molecule has 0 aliphatic heterocycles. The van der Waals surface area contributed by atoms with E-state index in [0.717, 1.165) is 0 Å². The van der Waals surface area contributed by atoms with E-state index in [9.17, 15) is 25.9 Å². The fraction of sp³-hybridized carbons (Fsp3) is 1.00. The molecule has 0 aromatic carbocycles. The normalized spacial score (nSPS) is 12.2. The largest absolute Gasteiger partial charge is 2.00 e. The Morgan fingerprint density at radius 2 is 1.20 bits per heavy atom. The van der Waals surface area contributed by atoms with E-state index in [1.807, 2.05) is 0 Å². The minimum Gasteiger partial charge on any atom is -1.00 e. The van der Waals surface area contributed by atoms with Crippen molar-refractivity contribution < 1.29 is 28.8 Å². The molecule has 0 aromatic heterocycles. The predicted molar refractivity (Wildman–Crippen MR) is 32.2 cm³/mol. The third-order valence-electron chi connectivity index (χ3n) is 0.289. The smallest absolute Gasteiger partial charge is 1.00 e. The molecule has 6 nitrogen and oxygen atoms in total. The summed E-state index contributed by atoms with van der Waals surface area (Å²) in [5.74, 6) is 0. The van der Waals surface area contributed by atoms with Crippen LogP contribution in [0.15, 0.2) is 0 Å². The van der Waals surface area contributed by atoms with Gasteiger partial charge < -0.3 is 12.0 Å². The first-order valence-electron chi connectivity index (χ1n) is 1.58. The second kappa shape index (κ2) is 4.19. The minimum atomic E-state index is -4.93. The van der Waals surface area contributed by atoms with E-state index in [2.05, 4.69) is 0 Å². The molecule has 0 bridgehead atoms. The molecule has 0 aliphatic carbocycles. The second-order valence-corrected chi connectivity index (χ2v) is 4.41. The Morgan fingerprint density at radius 1 is 1.00 bits per heavy atom. The van der Waals surface area contributed by atoms with Crippen molar-refractivity contribution in [1.29, 1.82) is 0 Å². The van der Waals surface area contributed by atoms with Crippen molar-refractivity contribution >= 4 is 58.0 Å². The first-order valence-corrected chi connectivity index (χ1v) is 4.73. The van der Waals surface area contributed by atoms with Gasteiger partial charge in [0.1, 0.15) is 25.3 Å². The van der Waals surface area contributed by atoms with Crippen molar-refractivity contribution in [3.8, 4) is 0 Å². The van der Waals surface area contributed by atoms with Crippen molar-refractivity contribution in [3.63, 3.8) is 0 Å². The van der Waals surface area contributed by atoms with Gasteiger partial charge in [0.15, 0.2) is 0 Å². The Hall–Kier alpha value is 1.08. The predicted octanol–water partition coefficient (Wildman–Crippen LogP) is -2.12. The first-order chi connectivity index (χ1) is 3.71. The monoisotopic (exact) mass is 216 g/mol. The average molecular weight is 216 g/mol. The van der Waals surface area contributed by atoms with Gasteiger partial charge in [-0.2, -0.15) is 0 Å². The average Bonchev–Trinajstić information content (AvgIpc) is 1.14. The third-order valence-corrected chi connectivity index (χ3v) is 2.60. The molecule has 0 unspecified atom stereocenters. The summed E-state index contributed by atoms with van der Waals surface area (Å²) in [5, 5.41) is -1.88. The van der Waals surface area contributed by atoms with Crippen molar-refractivity contribution in [2.45, 2.75) is 0 Å². The zero-order chi connectivity index (χ0) is 7.71. The van der Waals surface area contributed by atoms with Crippen molar-refractivity contribution in [1.82, 2.24) is 0 Å². The second-order valence-electron chi connectivity index (χ2n) is 1.23. The molecular weight excluding hydrogens is 212 g/mol. The Labute approximate surface area is 91.1 Å². The molecule has 0 saturated carbocycles. The third kappa shape index (κ3) is 11.8. The summed E-state index contributed by atoms with van der Waals surface area (Å²) in [7, 11) is -9.86. The molecule has 0 amide bonds. The van der Waals surface area contributed by atoms with E-state index in [4.69, 9.17) is 0 Å². The topological polar surface area (TPSA) is 114 Å². The summed E-state index contributed by atoms with van der Waals surface area (Å²) in [6, 6.07) is 0. The molecule has 10 heavy (non-hydrogen) atoms. The Bertz CT molecular complexity index is 249. The molecule has 9 heteroatoms. The van der Waals surface area contributed by atoms with Gasteiger partial charge in [0.25, 0.3) is 0 Å². The molecule has 0 heterocycles. The fourth-order valence-corrected chi connectivity index (χ4v) is 1.59. The van der Waals surface area contributed by atoms with Crippen LogP contribution in [0.4, 0.5) is 0 Å². The van der Waals surface area contributed by atoms with E-state index in [1.165, 1.54) is 0 Å². The summed E-state index contributed by atoms with van der Waals surface area (Å²) in [5.41, 5.74) is 0. The van der Waals surface area contributed by atoms with Crippen LogP contribution in [0.3, 0.4) is 0 Å². The van der Waals surface area contributed by atoms with Gasteiger partial charge in [0.05, 0.1) is 0 Å². The van der Waals surface area contributed by atoms with Gasteiger partial charge >= 0.3 is 37.7 Å². The molecule has 0 spiro atoms. The molecule has 0 fully saturated rings. The quantitative estimate of drug-likeness (QED) is 0.385. The molecular formula is CH4CaO6S2-2. The van der Waals surface area contributed by atoms with Crippen LogP contribution in [0.1, 0.15) is 2.85 Å². The van der Waals surface area contributed by atoms with Crippen LogP contribution < -0.4 is 0 Å². The maximum atomic E-state index is 9.51. The Morgan fingerprint density at radius 3 is 1.20 bits per heavy atom. The fourth-order valence-electron chi connectivity index (χ4n) is 0.177. The number of rotatable bonds is 2. The van der Waals surface area contributed by atoms with Gasteiger partial charge in [-0.3, -0.25) is 0 Å². The zero-order valence-electron chi connectivity index (χ0n) is 6.68. The number of hydrogen-bond donors (Lipinski definition) is 0. The SMILES string of the molecule is O=S(=O)([O-])CS(=O)(=O)[O-].[Ca+2].[H-].[H-]. The summed E-state index contributed by atoms with van der Waals surface area (Å²) >= 11 is 0. The summed E-state index contributed by atoms with van der Waals surface area (Å²) in [6.07, 6.45) is 0. The van der Waals surface area contributed by atoms with Gasteiger partial charge in [-0.15, -0.1) is 0 Å². The molecule has 0 saturated heterocycles. The maximum Gasteiger partial charge on any atom is 2.00 e. The van der Waals surface area contributed by atoms with Gasteiger partial charge in [-0.1, -0.05) is 0 Å². The van der Waals surface area contributed by atoms with E-state index in [0.29, 0.717) is 0 Å². The van der Waals surface area contributed by atoms with Gasteiger partial charge in [-0.25, -0.2) is 16.8 Å². The van der Waals surface area contributed by atoms with Crippen LogP contribution in [0.25, 0.3) is 0 Å². The molecule has 0 N–H and O–H groups in total. The van der Waals surface area contributed by atoms with E-state index >= 15 is 0 Å². The molecule has 60 valence electrons. The van der Waals surface area contributed by atoms with Crippen LogP contribution in [0, 0.1) is 0 Å². The molecule has 0 rings (SSSR count). The van der Waals surface area contributed by atoms with Crippen molar-refractivity contribution in [2.24, 2.45) is 0 Å². The minimum absolute atomic E-state index is 0. The van der Waals surface area contributed by atoms with Crippen LogP contribution in [-0.4, -0.2) is 68.8 Å². The Kier molecular flexibility index (Phi) is 5.72. The first kappa shape index (κ1) is 13.7. The summed E-state index contributed by atoms with van der Waals surface area (Å²) in [6.45, 7) is 0. The molecule has 0 radical (unpaired) electrons. The Balaban J connectivity index is -0.000000107. The zero-order valence-corrected chi connectivity index (χ0v) is 8.52. The van der Waals surface area contributed by atoms with E-state index in [1.54, 1.807) is 0 Å². The maximum absolute atomic E-state index is 9.51. The molecule has 0 aromatic rings. The van der Waals surface area contributed by atoms with Crippen LogP contribution in [0.2, 0.25) is 0 Å².